The molecule has 6 nitrogen and oxygen atoms in total. The maximum atomic E-state index is 12.2. The molecule has 0 saturated heterocycles. The van der Waals surface area contributed by atoms with E-state index in [1.165, 1.54) is 21.3 Å². The molecule has 0 unspecified atom stereocenters. The van der Waals surface area contributed by atoms with Crippen molar-refractivity contribution in [3.63, 3.8) is 0 Å². The van der Waals surface area contributed by atoms with Gasteiger partial charge in [-0.1, -0.05) is 12.1 Å². The molecule has 26 heavy (non-hydrogen) atoms. The number of hydrogen-bond donors (Lipinski definition) is 0. The molecular weight excluding hydrogens is 402 g/mol. The lowest BCUT2D eigenvalue weighted by Crippen LogP contribution is -2.05. The minimum absolute atomic E-state index is 0.168. The molecule has 3 rings (SSSR count). The third-order valence-corrected chi connectivity index (χ3v) is 4.44. The van der Waals surface area contributed by atoms with E-state index < -0.39 is 5.97 Å². The van der Waals surface area contributed by atoms with Crippen molar-refractivity contribution in [2.24, 2.45) is 4.99 Å². The normalized spacial score (nSPS) is 14.8. The van der Waals surface area contributed by atoms with E-state index >= 15 is 0 Å². The van der Waals surface area contributed by atoms with Crippen molar-refractivity contribution >= 4 is 33.9 Å². The number of cyclic esters (lactones) is 1. The Morgan fingerprint density at radius 2 is 1.65 bits per heavy atom. The van der Waals surface area contributed by atoms with Gasteiger partial charge in [0.2, 0.25) is 5.90 Å². The molecule has 0 bridgehead atoms. The molecule has 1 heterocycles. The monoisotopic (exact) mass is 417 g/mol. The van der Waals surface area contributed by atoms with E-state index in [9.17, 15) is 4.79 Å². The summed E-state index contributed by atoms with van der Waals surface area (Å²) in [5.41, 5.74) is 1.49. The zero-order valence-electron chi connectivity index (χ0n) is 14.4. The highest BCUT2D eigenvalue weighted by atomic mass is 79.9. The van der Waals surface area contributed by atoms with Crippen molar-refractivity contribution in [2.45, 2.75) is 0 Å². The molecule has 0 saturated carbocycles. The van der Waals surface area contributed by atoms with Crippen LogP contribution in [0.5, 0.6) is 17.2 Å². The van der Waals surface area contributed by atoms with Crippen molar-refractivity contribution in [1.82, 2.24) is 0 Å². The summed E-state index contributed by atoms with van der Waals surface area (Å²) in [5.74, 6) is 1.27. The highest BCUT2D eigenvalue weighted by Crippen LogP contribution is 2.36. The minimum atomic E-state index is -0.535. The number of halogens is 1. The fourth-order valence-electron chi connectivity index (χ4n) is 2.47. The average molecular weight is 418 g/mol. The van der Waals surface area contributed by atoms with E-state index in [1.807, 2.05) is 24.3 Å². The number of ether oxygens (including phenoxy) is 4. The second kappa shape index (κ2) is 7.61. The number of carbonyl (C=O) groups excluding carboxylic acids is 1. The Balaban J connectivity index is 2.04. The Morgan fingerprint density at radius 3 is 2.31 bits per heavy atom. The summed E-state index contributed by atoms with van der Waals surface area (Å²) in [6.07, 6.45) is 1.59. The van der Waals surface area contributed by atoms with Crippen LogP contribution < -0.4 is 14.2 Å². The maximum Gasteiger partial charge on any atom is 0.363 e. The van der Waals surface area contributed by atoms with Gasteiger partial charge >= 0.3 is 5.97 Å². The molecule has 0 fully saturated rings. The number of esters is 1. The van der Waals surface area contributed by atoms with Gasteiger partial charge in [-0.2, -0.15) is 0 Å². The van der Waals surface area contributed by atoms with Gasteiger partial charge in [-0.25, -0.2) is 9.79 Å². The van der Waals surface area contributed by atoms with Gasteiger partial charge in [0.05, 0.1) is 26.9 Å². The summed E-state index contributed by atoms with van der Waals surface area (Å²) in [6.45, 7) is 0. The van der Waals surface area contributed by atoms with Crippen LogP contribution >= 0.6 is 15.9 Å². The number of methoxy groups -OCH3 is 3. The molecule has 7 heteroatoms. The van der Waals surface area contributed by atoms with Gasteiger partial charge in [0.1, 0.15) is 5.75 Å². The molecule has 134 valence electrons. The number of nitrogens with zero attached hydrogens (tertiary/aromatic N) is 1. The van der Waals surface area contributed by atoms with Gasteiger partial charge in [0.15, 0.2) is 17.2 Å². The van der Waals surface area contributed by atoms with Crippen LogP contribution in [0, 0.1) is 0 Å². The summed E-state index contributed by atoms with van der Waals surface area (Å²) >= 11 is 3.43. The predicted molar refractivity (Wildman–Crippen MR) is 101 cm³/mol. The third kappa shape index (κ3) is 3.43. The van der Waals surface area contributed by atoms with Gasteiger partial charge in [-0.3, -0.25) is 0 Å². The topological polar surface area (TPSA) is 66.3 Å². The number of rotatable bonds is 5. The van der Waals surface area contributed by atoms with Crippen molar-refractivity contribution in [3.05, 3.63) is 57.7 Å². The van der Waals surface area contributed by atoms with Gasteiger partial charge in [-0.05, 0) is 40.2 Å². The van der Waals surface area contributed by atoms with Crippen LogP contribution in [0.25, 0.3) is 6.08 Å². The molecule has 2 aromatic rings. The van der Waals surface area contributed by atoms with Gasteiger partial charge in [0, 0.05) is 16.1 Å². The van der Waals surface area contributed by atoms with Gasteiger partial charge in [0.25, 0.3) is 0 Å². The van der Waals surface area contributed by atoms with Crippen LogP contribution in [0.2, 0.25) is 0 Å². The lowest BCUT2D eigenvalue weighted by Gasteiger charge is -2.12. The zero-order valence-corrected chi connectivity index (χ0v) is 16.0. The Labute approximate surface area is 159 Å². The molecule has 0 N–H and O–H groups in total. The highest BCUT2D eigenvalue weighted by molar-refractivity contribution is 9.10. The van der Waals surface area contributed by atoms with Crippen molar-refractivity contribution in [2.75, 3.05) is 21.3 Å². The molecular formula is C19H16BrNO5. The molecule has 0 aliphatic carbocycles. The van der Waals surface area contributed by atoms with E-state index in [0.717, 1.165) is 4.47 Å². The van der Waals surface area contributed by atoms with Crippen LogP contribution in [-0.4, -0.2) is 33.2 Å². The first-order valence-corrected chi connectivity index (χ1v) is 8.44. The third-order valence-electron chi connectivity index (χ3n) is 3.75. The van der Waals surface area contributed by atoms with Gasteiger partial charge in [-0.15, -0.1) is 0 Å². The fraction of sp³-hybridized carbons (Fsp3) is 0.158. The summed E-state index contributed by atoms with van der Waals surface area (Å²) in [6, 6.07) is 10.8. The zero-order chi connectivity index (χ0) is 18.7. The first-order chi connectivity index (χ1) is 12.6. The summed E-state index contributed by atoms with van der Waals surface area (Å²) in [4.78, 5) is 16.6. The number of carbonyl (C=O) groups is 1. The number of hydrogen-bond acceptors (Lipinski definition) is 6. The van der Waals surface area contributed by atoms with E-state index in [1.54, 1.807) is 18.2 Å². The Hall–Kier alpha value is -2.80. The molecule has 1 aliphatic rings. The van der Waals surface area contributed by atoms with Crippen LogP contribution in [0.3, 0.4) is 0 Å². The molecule has 2 aromatic carbocycles. The van der Waals surface area contributed by atoms with Crippen molar-refractivity contribution < 1.29 is 23.7 Å². The smallest absolute Gasteiger partial charge is 0.363 e. The quantitative estimate of drug-likeness (QED) is 0.546. The van der Waals surface area contributed by atoms with Crippen molar-refractivity contribution in [3.8, 4) is 17.2 Å². The van der Waals surface area contributed by atoms with Crippen LogP contribution in [0.15, 0.2) is 51.6 Å². The Morgan fingerprint density at radius 1 is 1.00 bits per heavy atom. The number of benzene rings is 2. The lowest BCUT2D eigenvalue weighted by molar-refractivity contribution is -0.129. The average Bonchev–Trinajstić information content (AvgIpc) is 3.01. The number of aliphatic imine (C=N–C) groups is 1. The largest absolute Gasteiger partial charge is 0.496 e. The SMILES string of the molecule is COc1cc(OC)c(OC)cc1C=C1N=C(c2ccccc2Br)OC1=O. The first-order valence-electron chi connectivity index (χ1n) is 7.65. The van der Waals surface area contributed by atoms with Crippen LogP contribution in [0.4, 0.5) is 0 Å². The van der Waals surface area contributed by atoms with Gasteiger partial charge < -0.3 is 18.9 Å². The molecule has 0 radical (unpaired) electrons. The van der Waals surface area contributed by atoms with E-state index in [4.69, 9.17) is 18.9 Å². The second-order valence-corrected chi connectivity index (χ2v) is 6.12. The maximum absolute atomic E-state index is 12.2. The van der Waals surface area contributed by atoms with Crippen LogP contribution in [0.1, 0.15) is 11.1 Å². The summed E-state index contributed by atoms with van der Waals surface area (Å²) < 4.78 is 22.0. The Bertz CT molecular complexity index is 920. The highest BCUT2D eigenvalue weighted by Gasteiger charge is 2.26. The summed E-state index contributed by atoms with van der Waals surface area (Å²) in [7, 11) is 4.61. The Kier molecular flexibility index (Phi) is 5.27. The predicted octanol–water partition coefficient (Wildman–Crippen LogP) is 3.82. The van der Waals surface area contributed by atoms with E-state index in [0.29, 0.717) is 28.4 Å². The summed E-state index contributed by atoms with van der Waals surface area (Å²) in [5, 5.41) is 0. The minimum Gasteiger partial charge on any atom is -0.496 e. The van der Waals surface area contributed by atoms with E-state index in [-0.39, 0.29) is 11.6 Å². The standard InChI is InChI=1S/C19H16BrNO5/c1-23-15-10-17(25-3)16(24-2)9-11(15)8-14-19(22)26-18(21-14)12-6-4-5-7-13(12)20/h4-10H,1-3H3. The van der Waals surface area contributed by atoms with Crippen LogP contribution in [-0.2, 0) is 9.53 Å². The lowest BCUT2D eigenvalue weighted by atomic mass is 10.1. The van der Waals surface area contributed by atoms with E-state index in [2.05, 4.69) is 20.9 Å². The molecule has 1 aliphatic heterocycles. The molecule has 0 atom stereocenters. The first kappa shape index (κ1) is 18.0. The molecule has 0 aromatic heterocycles. The second-order valence-electron chi connectivity index (χ2n) is 5.27. The molecule has 0 amide bonds. The molecule has 0 spiro atoms. The fourth-order valence-corrected chi connectivity index (χ4v) is 2.93. The van der Waals surface area contributed by atoms with Crippen molar-refractivity contribution in [1.29, 1.82) is 0 Å².